The number of alkyl halides is 3. The van der Waals surface area contributed by atoms with E-state index in [9.17, 15) is 46.8 Å². The first-order chi connectivity index (χ1) is 19.9. The molecule has 2 fully saturated rings. The van der Waals surface area contributed by atoms with Crippen LogP contribution in [0.2, 0.25) is 0 Å². The summed E-state index contributed by atoms with van der Waals surface area (Å²) in [6, 6.07) is 2.09. The lowest BCUT2D eigenvalue weighted by Gasteiger charge is -2.52. The van der Waals surface area contributed by atoms with Crippen molar-refractivity contribution in [2.75, 3.05) is 25.6 Å². The van der Waals surface area contributed by atoms with Crippen molar-refractivity contribution in [2.24, 2.45) is 0 Å². The zero-order valence-electron chi connectivity index (χ0n) is 21.8. The quantitative estimate of drug-likeness (QED) is 0.161. The molecule has 230 valence electrons. The van der Waals surface area contributed by atoms with E-state index in [4.69, 9.17) is 4.74 Å². The van der Waals surface area contributed by atoms with Gasteiger partial charge in [0.05, 0.1) is 47.1 Å². The second kappa shape index (κ2) is 11.7. The standard InChI is InChI=1S/C26H28F6N4O5S/c27-15-8-13(9-16(28)20(15)29)17-10-36(35-34-17)22-18(38)12-42(19(11-37)23(22)39)24(25(40)3-6-41-7-4-25)21-14(26(30,31)32)2-1-5-33-21/h1-2,5,8-10,18-19,22-24,37-40,42H,3-4,6-7,11-12H2/t18-,19+,22-,23-,24-/m0/s1. The minimum absolute atomic E-state index is 0.0324. The van der Waals surface area contributed by atoms with Crippen molar-refractivity contribution in [1.82, 2.24) is 20.0 Å². The number of thiol groups is 1. The predicted octanol–water partition coefficient (Wildman–Crippen LogP) is 2.70. The topological polar surface area (TPSA) is 134 Å². The molecule has 42 heavy (non-hydrogen) atoms. The van der Waals surface area contributed by atoms with Crippen LogP contribution in [0.4, 0.5) is 26.3 Å². The van der Waals surface area contributed by atoms with Crippen LogP contribution in [0.1, 0.15) is 35.4 Å². The Morgan fingerprint density at radius 3 is 2.40 bits per heavy atom. The average molecular weight is 623 g/mol. The van der Waals surface area contributed by atoms with Crippen molar-refractivity contribution in [2.45, 2.75) is 53.4 Å². The van der Waals surface area contributed by atoms with E-state index >= 15 is 0 Å². The molecule has 6 atom stereocenters. The van der Waals surface area contributed by atoms with E-state index in [1.54, 1.807) is 0 Å². The second-order valence-corrected chi connectivity index (χ2v) is 13.0. The Hall–Kier alpha value is -2.76. The lowest BCUT2D eigenvalue weighted by molar-refractivity contribution is -0.139. The largest absolute Gasteiger partial charge is 0.418 e. The summed E-state index contributed by atoms with van der Waals surface area (Å²) in [5.74, 6) is -4.83. The summed E-state index contributed by atoms with van der Waals surface area (Å²) in [5.41, 5.74) is -3.54. The number of halogens is 6. The number of pyridine rings is 1. The van der Waals surface area contributed by atoms with Gasteiger partial charge >= 0.3 is 6.18 Å². The van der Waals surface area contributed by atoms with Gasteiger partial charge in [-0.3, -0.25) is 4.98 Å². The molecule has 4 N–H and O–H groups in total. The van der Waals surface area contributed by atoms with Crippen molar-refractivity contribution < 1.29 is 51.5 Å². The van der Waals surface area contributed by atoms with E-state index in [1.165, 1.54) is 6.20 Å². The van der Waals surface area contributed by atoms with Gasteiger partial charge in [0.15, 0.2) is 17.5 Å². The minimum atomic E-state index is -4.82. The number of hydrogen-bond donors (Lipinski definition) is 5. The van der Waals surface area contributed by atoms with E-state index in [2.05, 4.69) is 15.3 Å². The zero-order chi connectivity index (χ0) is 30.4. The molecule has 16 heteroatoms. The maximum absolute atomic E-state index is 14.1. The maximum Gasteiger partial charge on any atom is 0.418 e. The molecule has 9 nitrogen and oxygen atoms in total. The summed E-state index contributed by atoms with van der Waals surface area (Å²) >= 11 is 0. The molecular weight excluding hydrogens is 594 g/mol. The molecular formula is C26H28F6N4O5S. The Bertz CT molecular complexity index is 1400. The molecule has 2 saturated heterocycles. The number of aliphatic hydroxyl groups is 4. The highest BCUT2D eigenvalue weighted by Gasteiger charge is 2.53. The van der Waals surface area contributed by atoms with E-state index < -0.39 is 86.7 Å². The van der Waals surface area contributed by atoms with E-state index in [-0.39, 0.29) is 43.1 Å². The Labute approximate surface area is 238 Å². The Morgan fingerprint density at radius 2 is 1.79 bits per heavy atom. The first kappa shape index (κ1) is 30.7. The second-order valence-electron chi connectivity index (χ2n) is 10.4. The maximum atomic E-state index is 14.1. The zero-order valence-corrected chi connectivity index (χ0v) is 22.7. The molecule has 0 radical (unpaired) electrons. The molecule has 1 unspecified atom stereocenters. The smallest absolute Gasteiger partial charge is 0.395 e. The van der Waals surface area contributed by atoms with Crippen LogP contribution >= 0.6 is 10.9 Å². The molecule has 2 aliphatic rings. The molecule has 3 aromatic rings. The summed E-state index contributed by atoms with van der Waals surface area (Å²) < 4.78 is 89.7. The molecule has 0 aliphatic carbocycles. The average Bonchev–Trinajstić information content (AvgIpc) is 3.41. The number of benzene rings is 1. The summed E-state index contributed by atoms with van der Waals surface area (Å²) in [4.78, 5) is 4.03. The molecule has 0 spiro atoms. The Kier molecular flexibility index (Phi) is 8.57. The fourth-order valence-electron chi connectivity index (χ4n) is 5.81. The SMILES string of the molecule is OC[C@@H]1[C@H](O)[C@@H](n2cc(-c3cc(F)c(F)c(F)c3)nn2)[C@@H](O)C[SH]1[C@@H](c1ncccc1C(F)(F)F)C1(O)CCOCC1. The number of aliphatic hydroxyl groups excluding tert-OH is 3. The van der Waals surface area contributed by atoms with Crippen molar-refractivity contribution in [3.63, 3.8) is 0 Å². The van der Waals surface area contributed by atoms with Crippen LogP contribution in [-0.2, 0) is 10.9 Å². The third-order valence-corrected chi connectivity index (χ3v) is 11.4. The van der Waals surface area contributed by atoms with Crippen LogP contribution in [0, 0.1) is 17.5 Å². The predicted molar refractivity (Wildman–Crippen MR) is 138 cm³/mol. The number of aromatic nitrogens is 4. The van der Waals surface area contributed by atoms with Gasteiger partial charge in [0.25, 0.3) is 0 Å². The van der Waals surface area contributed by atoms with Crippen LogP contribution in [0.25, 0.3) is 11.3 Å². The molecule has 0 amide bonds. The van der Waals surface area contributed by atoms with Gasteiger partial charge in [-0.05, 0) is 24.3 Å². The van der Waals surface area contributed by atoms with Gasteiger partial charge in [0.1, 0.15) is 11.7 Å². The van der Waals surface area contributed by atoms with Gasteiger partial charge in [0.2, 0.25) is 0 Å². The summed E-state index contributed by atoms with van der Waals surface area (Å²) in [6.07, 6.45) is -5.60. The molecule has 2 aliphatic heterocycles. The normalized spacial score (nSPS) is 28.0. The van der Waals surface area contributed by atoms with E-state index in [0.717, 1.165) is 23.0 Å². The third-order valence-electron chi connectivity index (χ3n) is 7.85. The molecule has 5 rings (SSSR count). The lowest BCUT2D eigenvalue weighted by atomic mass is 9.87. The number of ether oxygens (including phenoxy) is 1. The molecule has 4 heterocycles. The van der Waals surface area contributed by atoms with Crippen molar-refractivity contribution >= 4 is 10.9 Å². The van der Waals surface area contributed by atoms with Crippen LogP contribution in [-0.4, -0.2) is 89.0 Å². The van der Waals surface area contributed by atoms with Gasteiger partial charge in [-0.25, -0.2) is 28.7 Å². The highest BCUT2D eigenvalue weighted by molar-refractivity contribution is 8.18. The Morgan fingerprint density at radius 1 is 1.12 bits per heavy atom. The van der Waals surface area contributed by atoms with Gasteiger partial charge in [-0.15, -0.1) is 5.10 Å². The van der Waals surface area contributed by atoms with Crippen molar-refractivity contribution in [3.05, 3.63) is 65.4 Å². The van der Waals surface area contributed by atoms with Crippen LogP contribution in [0.15, 0.2) is 36.7 Å². The van der Waals surface area contributed by atoms with Crippen LogP contribution in [0.3, 0.4) is 0 Å². The lowest BCUT2D eigenvalue weighted by Crippen LogP contribution is -2.53. The summed E-state index contributed by atoms with van der Waals surface area (Å²) in [5, 5.41) is 50.1. The van der Waals surface area contributed by atoms with E-state index in [1.807, 2.05) is 0 Å². The van der Waals surface area contributed by atoms with Gasteiger partial charge in [0, 0.05) is 48.8 Å². The fraction of sp³-hybridized carbons (Fsp3) is 0.500. The number of hydrogen-bond acceptors (Lipinski definition) is 8. The minimum Gasteiger partial charge on any atom is -0.395 e. The molecule has 1 aromatic carbocycles. The number of nitrogens with zero attached hydrogens (tertiary/aromatic N) is 4. The first-order valence-corrected chi connectivity index (χ1v) is 14.6. The molecule has 0 saturated carbocycles. The third kappa shape index (κ3) is 5.63. The van der Waals surface area contributed by atoms with Gasteiger partial charge in [-0.2, -0.15) is 13.2 Å². The van der Waals surface area contributed by atoms with Crippen LogP contribution < -0.4 is 0 Å². The Balaban J connectivity index is 1.53. The van der Waals surface area contributed by atoms with Gasteiger partial charge < -0.3 is 25.2 Å². The van der Waals surface area contributed by atoms with Crippen molar-refractivity contribution in [3.8, 4) is 11.3 Å². The van der Waals surface area contributed by atoms with Gasteiger partial charge in [-0.1, -0.05) is 5.21 Å². The summed E-state index contributed by atoms with van der Waals surface area (Å²) in [7, 11) is -1.98. The molecule has 0 bridgehead atoms. The summed E-state index contributed by atoms with van der Waals surface area (Å²) in [6.45, 7) is -0.578. The highest BCUT2D eigenvalue weighted by atomic mass is 32.2. The first-order valence-electron chi connectivity index (χ1n) is 13.0. The van der Waals surface area contributed by atoms with Crippen LogP contribution in [0.5, 0.6) is 0 Å². The monoisotopic (exact) mass is 622 g/mol. The van der Waals surface area contributed by atoms with Crippen molar-refractivity contribution in [1.29, 1.82) is 0 Å². The number of rotatable bonds is 6. The fourth-order valence-corrected chi connectivity index (χ4v) is 9.49. The molecule has 2 aromatic heterocycles. The van der Waals surface area contributed by atoms with E-state index in [0.29, 0.717) is 12.1 Å². The highest BCUT2D eigenvalue weighted by Crippen LogP contribution is 2.60.